The number of methoxy groups -OCH3 is 3. The number of aliphatic hydroxyl groups excluding tert-OH is 1. The molecule has 1 amide bonds. The number of benzene rings is 1. The maximum Gasteiger partial charge on any atom is 0.252 e. The molecule has 8 nitrogen and oxygen atoms in total. The van der Waals surface area contributed by atoms with Crippen LogP contribution in [-0.4, -0.2) is 88.4 Å². The first kappa shape index (κ1) is 24.6. The molecule has 1 saturated heterocycles. The summed E-state index contributed by atoms with van der Waals surface area (Å²) in [6.07, 6.45) is 0.414. The number of nitrogens with zero attached hydrogens (tertiary/aromatic N) is 1. The minimum atomic E-state index is -0.839. The summed E-state index contributed by atoms with van der Waals surface area (Å²) in [7, 11) is 4.99. The smallest absolute Gasteiger partial charge is 0.252 e. The van der Waals surface area contributed by atoms with Crippen LogP contribution in [-0.2, 0) is 25.5 Å². The van der Waals surface area contributed by atoms with Crippen molar-refractivity contribution in [1.82, 2.24) is 10.2 Å². The molecule has 30 heavy (non-hydrogen) atoms. The minimum Gasteiger partial charge on any atom is -0.497 e. The van der Waals surface area contributed by atoms with Gasteiger partial charge in [-0.05, 0) is 37.0 Å². The van der Waals surface area contributed by atoms with Crippen LogP contribution in [0.3, 0.4) is 0 Å². The van der Waals surface area contributed by atoms with Crippen LogP contribution in [0.2, 0.25) is 0 Å². The van der Waals surface area contributed by atoms with Gasteiger partial charge < -0.3 is 29.4 Å². The summed E-state index contributed by atoms with van der Waals surface area (Å²) in [6, 6.07) is 7.49. The predicted molar refractivity (Wildman–Crippen MR) is 114 cm³/mol. The normalized spacial score (nSPS) is 21.6. The van der Waals surface area contributed by atoms with Crippen LogP contribution in [0.5, 0.6) is 5.75 Å². The van der Waals surface area contributed by atoms with Crippen LogP contribution in [0, 0.1) is 0 Å². The fourth-order valence-corrected chi connectivity index (χ4v) is 3.46. The van der Waals surface area contributed by atoms with E-state index in [-0.39, 0.29) is 12.0 Å². The van der Waals surface area contributed by atoms with E-state index in [0.29, 0.717) is 26.2 Å². The van der Waals surface area contributed by atoms with Crippen LogP contribution in [0.1, 0.15) is 24.8 Å². The largest absolute Gasteiger partial charge is 0.497 e. The van der Waals surface area contributed by atoms with E-state index in [9.17, 15) is 9.90 Å². The number of carbonyl (C=O) groups is 1. The molecule has 1 aromatic carbocycles. The summed E-state index contributed by atoms with van der Waals surface area (Å²) >= 11 is 0. The molecule has 0 aromatic heterocycles. The summed E-state index contributed by atoms with van der Waals surface area (Å²) in [5.74, 6) is 0.489. The van der Waals surface area contributed by atoms with Crippen LogP contribution in [0.25, 0.3) is 0 Å². The van der Waals surface area contributed by atoms with Gasteiger partial charge in [-0.1, -0.05) is 12.1 Å². The van der Waals surface area contributed by atoms with E-state index >= 15 is 0 Å². The van der Waals surface area contributed by atoms with Crippen molar-refractivity contribution in [2.45, 2.75) is 44.1 Å². The highest BCUT2D eigenvalue weighted by Gasteiger charge is 2.35. The molecule has 170 valence electrons. The first-order chi connectivity index (χ1) is 14.6. The Hall–Kier alpha value is -1.71. The van der Waals surface area contributed by atoms with Crippen molar-refractivity contribution >= 4 is 5.91 Å². The zero-order chi connectivity index (χ0) is 21.8. The molecule has 2 rings (SSSR count). The third-order valence-electron chi connectivity index (χ3n) is 5.35. The second-order valence-electron chi connectivity index (χ2n) is 7.51. The van der Waals surface area contributed by atoms with E-state index in [2.05, 4.69) is 10.2 Å². The van der Waals surface area contributed by atoms with Crippen molar-refractivity contribution in [2.75, 3.05) is 54.2 Å². The van der Waals surface area contributed by atoms with Gasteiger partial charge in [-0.2, -0.15) is 0 Å². The van der Waals surface area contributed by atoms with Crippen molar-refractivity contribution in [3.8, 4) is 5.75 Å². The Labute approximate surface area is 179 Å². The molecule has 2 N–H and O–H groups in total. The predicted octanol–water partition coefficient (Wildman–Crippen LogP) is 1.20. The van der Waals surface area contributed by atoms with E-state index in [1.165, 1.54) is 0 Å². The Morgan fingerprint density at radius 1 is 1.10 bits per heavy atom. The second kappa shape index (κ2) is 13.6. The number of hydrogen-bond acceptors (Lipinski definition) is 7. The lowest BCUT2D eigenvalue weighted by molar-refractivity contribution is -0.158. The second-order valence-corrected chi connectivity index (χ2v) is 7.51. The van der Waals surface area contributed by atoms with Crippen molar-refractivity contribution in [3.05, 3.63) is 29.8 Å². The molecule has 3 atom stereocenters. The van der Waals surface area contributed by atoms with Gasteiger partial charge in [0.15, 0.2) is 6.10 Å². The SMILES string of the molecule is COCCN(CCOC)CC[C@@H]1CC[C@H](O)[C@@H](C(=O)NCc2ccc(OC)cc2)O1. The first-order valence-electron chi connectivity index (χ1n) is 10.5. The fraction of sp³-hybridized carbons (Fsp3) is 0.682. The maximum absolute atomic E-state index is 12.6. The lowest BCUT2D eigenvalue weighted by Gasteiger charge is -2.34. The highest BCUT2D eigenvalue weighted by atomic mass is 16.5. The molecule has 1 aromatic rings. The first-order valence-corrected chi connectivity index (χ1v) is 10.5. The molecule has 0 bridgehead atoms. The van der Waals surface area contributed by atoms with Gasteiger partial charge in [0.25, 0.3) is 5.91 Å². The van der Waals surface area contributed by atoms with Gasteiger partial charge >= 0.3 is 0 Å². The summed E-state index contributed by atoms with van der Waals surface area (Å²) in [4.78, 5) is 14.9. The molecule has 0 saturated carbocycles. The molecular formula is C22H36N2O6. The zero-order valence-corrected chi connectivity index (χ0v) is 18.3. The number of nitrogens with one attached hydrogen (secondary N) is 1. The average molecular weight is 425 g/mol. The average Bonchev–Trinajstić information content (AvgIpc) is 2.78. The van der Waals surface area contributed by atoms with Crippen molar-refractivity contribution in [1.29, 1.82) is 0 Å². The highest BCUT2D eigenvalue weighted by Crippen LogP contribution is 2.22. The molecule has 0 spiro atoms. The molecule has 0 unspecified atom stereocenters. The Morgan fingerprint density at radius 2 is 1.77 bits per heavy atom. The standard InChI is InChI=1S/C22H36N2O6/c1-27-14-12-24(13-15-28-2)11-10-19-8-9-20(25)21(30-19)22(26)23-16-17-4-6-18(29-3)7-5-17/h4-7,19-21,25H,8-16H2,1-3H3,(H,23,26)/t19-,20-,21-/m0/s1. The third kappa shape index (κ3) is 8.20. The summed E-state index contributed by atoms with van der Waals surface area (Å²) in [5, 5.41) is 13.2. The van der Waals surface area contributed by atoms with Crippen molar-refractivity contribution in [2.24, 2.45) is 0 Å². The molecule has 1 aliphatic heterocycles. The van der Waals surface area contributed by atoms with E-state index in [1.807, 2.05) is 24.3 Å². The molecular weight excluding hydrogens is 388 g/mol. The molecule has 1 heterocycles. The van der Waals surface area contributed by atoms with Crippen LogP contribution in [0.15, 0.2) is 24.3 Å². The Morgan fingerprint density at radius 3 is 2.37 bits per heavy atom. The van der Waals surface area contributed by atoms with Crippen LogP contribution in [0.4, 0.5) is 0 Å². The number of amides is 1. The number of ether oxygens (including phenoxy) is 4. The van der Waals surface area contributed by atoms with Gasteiger partial charge in [0.05, 0.1) is 32.5 Å². The lowest BCUT2D eigenvalue weighted by atomic mass is 9.98. The topological polar surface area (TPSA) is 89.5 Å². The van der Waals surface area contributed by atoms with Gasteiger partial charge in [0.1, 0.15) is 5.75 Å². The van der Waals surface area contributed by atoms with E-state index in [0.717, 1.165) is 43.8 Å². The van der Waals surface area contributed by atoms with E-state index < -0.39 is 12.2 Å². The third-order valence-corrected chi connectivity index (χ3v) is 5.35. The van der Waals surface area contributed by atoms with Gasteiger partial charge in [-0.3, -0.25) is 9.69 Å². The minimum absolute atomic E-state index is 0.0577. The van der Waals surface area contributed by atoms with Gasteiger partial charge in [-0.25, -0.2) is 0 Å². The maximum atomic E-state index is 12.6. The summed E-state index contributed by atoms with van der Waals surface area (Å²) < 4.78 is 21.5. The van der Waals surface area contributed by atoms with Gasteiger partial charge in [0, 0.05) is 40.4 Å². The van der Waals surface area contributed by atoms with Crippen molar-refractivity contribution < 1.29 is 28.8 Å². The quantitative estimate of drug-likeness (QED) is 0.492. The zero-order valence-electron chi connectivity index (χ0n) is 18.3. The fourth-order valence-electron chi connectivity index (χ4n) is 3.46. The summed E-state index contributed by atoms with van der Waals surface area (Å²) in [5.41, 5.74) is 0.956. The summed E-state index contributed by atoms with van der Waals surface area (Å²) in [6.45, 7) is 4.16. The van der Waals surface area contributed by atoms with Gasteiger partial charge in [-0.15, -0.1) is 0 Å². The number of rotatable bonds is 13. The van der Waals surface area contributed by atoms with E-state index in [4.69, 9.17) is 18.9 Å². The molecule has 1 aliphatic rings. The van der Waals surface area contributed by atoms with E-state index in [1.54, 1.807) is 21.3 Å². The number of aliphatic hydroxyl groups is 1. The Balaban J connectivity index is 1.81. The number of hydrogen-bond donors (Lipinski definition) is 2. The lowest BCUT2D eigenvalue weighted by Crippen LogP contribution is -2.49. The van der Waals surface area contributed by atoms with Crippen molar-refractivity contribution in [3.63, 3.8) is 0 Å². The van der Waals surface area contributed by atoms with Crippen LogP contribution >= 0.6 is 0 Å². The Bertz CT molecular complexity index is 604. The van der Waals surface area contributed by atoms with Gasteiger partial charge in [0.2, 0.25) is 0 Å². The highest BCUT2D eigenvalue weighted by molar-refractivity contribution is 5.81. The number of carbonyl (C=O) groups excluding carboxylic acids is 1. The van der Waals surface area contributed by atoms with Crippen LogP contribution < -0.4 is 10.1 Å². The molecule has 0 radical (unpaired) electrons. The molecule has 1 fully saturated rings. The molecule has 8 heteroatoms. The molecule has 0 aliphatic carbocycles. The monoisotopic (exact) mass is 424 g/mol. The Kier molecular flexibility index (Phi) is 11.1.